The topological polar surface area (TPSA) is 139 Å². The van der Waals surface area contributed by atoms with Gasteiger partial charge in [0.2, 0.25) is 18.1 Å². The molecule has 1 aromatic carbocycles. The van der Waals surface area contributed by atoms with Gasteiger partial charge in [-0.05, 0) is 38.0 Å². The van der Waals surface area contributed by atoms with Gasteiger partial charge in [0.1, 0.15) is 13.2 Å². The Morgan fingerprint density at radius 2 is 1.92 bits per heavy atom. The van der Waals surface area contributed by atoms with Crippen LogP contribution in [0.1, 0.15) is 30.9 Å². The normalized spacial score (nSPS) is 13.0. The summed E-state index contributed by atoms with van der Waals surface area (Å²) in [4.78, 5) is 15.0. The monoisotopic (exact) mass is 531 g/mol. The average molecular weight is 532 g/mol. The third kappa shape index (κ3) is 6.02. The van der Waals surface area contributed by atoms with E-state index in [9.17, 15) is 4.79 Å². The van der Waals surface area contributed by atoms with Crippen molar-refractivity contribution in [1.82, 2.24) is 35.3 Å². The molecule has 1 amide bonds. The number of carbonyl (C=O) groups excluding carboxylic acids is 1. The van der Waals surface area contributed by atoms with E-state index in [2.05, 4.69) is 25.7 Å². The number of fused-ring (bicyclic) bond motifs is 3. The van der Waals surface area contributed by atoms with E-state index in [1.165, 1.54) is 0 Å². The molecular weight excluding hydrogens is 502 g/mol. The van der Waals surface area contributed by atoms with E-state index in [-0.39, 0.29) is 18.8 Å². The number of hydrogen-bond donors (Lipinski definition) is 1. The Morgan fingerprint density at radius 3 is 2.69 bits per heavy atom. The van der Waals surface area contributed by atoms with Crippen molar-refractivity contribution >= 4 is 22.8 Å². The molecule has 5 rings (SSSR count). The molecule has 5 aromatic rings. The summed E-state index contributed by atoms with van der Waals surface area (Å²) in [6, 6.07) is 13.4. The molecule has 0 aliphatic carbocycles. The number of hydrogen-bond acceptors (Lipinski definition) is 10. The van der Waals surface area contributed by atoms with Crippen LogP contribution in [0.15, 0.2) is 53.2 Å². The second-order valence-corrected chi connectivity index (χ2v) is 9.16. The summed E-state index contributed by atoms with van der Waals surface area (Å²) in [6.45, 7) is 4.92. The predicted molar refractivity (Wildman–Crippen MR) is 141 cm³/mol. The Hall–Kier alpha value is -4.42. The van der Waals surface area contributed by atoms with E-state index < -0.39 is 0 Å². The highest BCUT2D eigenvalue weighted by Gasteiger charge is 2.19. The van der Waals surface area contributed by atoms with Crippen molar-refractivity contribution in [3.63, 3.8) is 0 Å². The number of aromatic nitrogens is 6. The summed E-state index contributed by atoms with van der Waals surface area (Å²) >= 11 is 0. The molecule has 0 spiro atoms. The maximum atomic E-state index is 10.5. The molecule has 12 heteroatoms. The highest BCUT2D eigenvalue weighted by molar-refractivity contribution is 5.96. The smallest absolute Gasteiger partial charge is 0.240 e. The van der Waals surface area contributed by atoms with E-state index in [1.54, 1.807) is 17.7 Å². The number of rotatable bonds is 13. The highest BCUT2D eigenvalue weighted by Crippen LogP contribution is 2.29. The molecule has 0 radical (unpaired) electrons. The molecule has 0 aliphatic rings. The minimum Gasteiger partial charge on any atom is -0.470 e. The molecule has 1 N–H and O–H groups in total. The number of nitrogens with zero attached hydrogens (tertiary/aromatic N) is 6. The van der Waals surface area contributed by atoms with Crippen molar-refractivity contribution in [3.8, 4) is 17.4 Å². The van der Waals surface area contributed by atoms with Crippen LogP contribution in [0.4, 0.5) is 0 Å². The van der Waals surface area contributed by atoms with Gasteiger partial charge in [0, 0.05) is 36.7 Å². The van der Waals surface area contributed by atoms with Crippen molar-refractivity contribution in [2.24, 2.45) is 0 Å². The van der Waals surface area contributed by atoms with Gasteiger partial charge in [-0.3, -0.25) is 9.78 Å². The molecule has 2 unspecified atom stereocenters. The lowest BCUT2D eigenvalue weighted by molar-refractivity contribution is -0.110. The van der Waals surface area contributed by atoms with Gasteiger partial charge >= 0.3 is 0 Å². The SMILES string of the molecule is COCc1cc(-c2nnc3c4ccccc4c(OCc4ccc(CC(C)OC(C)CNC=O)cn4)nn23)no1. The van der Waals surface area contributed by atoms with E-state index in [4.69, 9.17) is 23.8 Å². The van der Waals surface area contributed by atoms with Crippen LogP contribution < -0.4 is 10.1 Å². The standard InChI is InChI=1S/C27H29N7O5/c1-17(38-18(2)12-28-16-35)10-19-8-9-20(29-13-19)14-37-27-23-7-5-4-6-22(23)25-30-31-26(34(25)32-27)24-11-21(15-36-3)39-33-24/h4-9,11,13,16-18H,10,12,14-15H2,1-3H3,(H,28,35). The van der Waals surface area contributed by atoms with Gasteiger partial charge in [0.25, 0.3) is 0 Å². The van der Waals surface area contributed by atoms with Gasteiger partial charge in [-0.15, -0.1) is 15.3 Å². The lowest BCUT2D eigenvalue weighted by Crippen LogP contribution is -2.29. The van der Waals surface area contributed by atoms with Gasteiger partial charge in [0.15, 0.2) is 17.1 Å². The molecule has 0 fully saturated rings. The Labute approximate surface area is 224 Å². The van der Waals surface area contributed by atoms with Gasteiger partial charge in [-0.1, -0.05) is 29.4 Å². The largest absolute Gasteiger partial charge is 0.470 e. The Kier molecular flexibility index (Phi) is 8.04. The van der Waals surface area contributed by atoms with Crippen molar-refractivity contribution in [1.29, 1.82) is 0 Å². The first-order valence-corrected chi connectivity index (χ1v) is 12.5. The van der Waals surface area contributed by atoms with Crippen LogP contribution in [0.25, 0.3) is 27.9 Å². The zero-order valence-corrected chi connectivity index (χ0v) is 21.9. The molecule has 0 saturated heterocycles. The van der Waals surface area contributed by atoms with Crippen molar-refractivity contribution in [3.05, 3.63) is 65.7 Å². The third-order valence-corrected chi connectivity index (χ3v) is 6.02. The second kappa shape index (κ2) is 12.0. The van der Waals surface area contributed by atoms with E-state index in [1.807, 2.05) is 56.4 Å². The first-order chi connectivity index (χ1) is 19.1. The number of nitrogens with one attached hydrogen (secondary N) is 1. The zero-order chi connectivity index (χ0) is 27.2. The molecule has 202 valence electrons. The fourth-order valence-electron chi connectivity index (χ4n) is 4.29. The minimum atomic E-state index is -0.0756. The van der Waals surface area contributed by atoms with Crippen LogP contribution in [0.5, 0.6) is 5.88 Å². The summed E-state index contributed by atoms with van der Waals surface area (Å²) in [7, 11) is 1.58. The maximum absolute atomic E-state index is 10.5. The Morgan fingerprint density at radius 1 is 1.08 bits per heavy atom. The summed E-state index contributed by atoms with van der Waals surface area (Å²) in [6.07, 6.45) is 3.10. The number of benzene rings is 1. The van der Waals surface area contributed by atoms with Crippen molar-refractivity contribution in [2.75, 3.05) is 13.7 Å². The van der Waals surface area contributed by atoms with Crippen LogP contribution in [-0.2, 0) is 33.9 Å². The summed E-state index contributed by atoms with van der Waals surface area (Å²) in [5.41, 5.74) is 2.88. The first kappa shape index (κ1) is 26.2. The molecule has 0 bridgehead atoms. The van der Waals surface area contributed by atoms with E-state index >= 15 is 0 Å². The van der Waals surface area contributed by atoms with E-state index in [0.29, 0.717) is 54.8 Å². The molecule has 39 heavy (non-hydrogen) atoms. The van der Waals surface area contributed by atoms with Crippen LogP contribution in [0.2, 0.25) is 0 Å². The zero-order valence-electron chi connectivity index (χ0n) is 21.9. The van der Waals surface area contributed by atoms with Gasteiger partial charge < -0.3 is 24.1 Å². The fraction of sp³-hybridized carbons (Fsp3) is 0.333. The van der Waals surface area contributed by atoms with Gasteiger partial charge in [-0.25, -0.2) is 0 Å². The van der Waals surface area contributed by atoms with Crippen LogP contribution in [-0.4, -0.2) is 62.2 Å². The predicted octanol–water partition coefficient (Wildman–Crippen LogP) is 3.14. The Balaban J connectivity index is 1.32. The summed E-state index contributed by atoms with van der Waals surface area (Å²) < 4.78 is 24.1. The Bertz CT molecular complexity index is 1550. The van der Waals surface area contributed by atoms with E-state index in [0.717, 1.165) is 22.0 Å². The summed E-state index contributed by atoms with van der Waals surface area (Å²) in [5.74, 6) is 1.42. The van der Waals surface area contributed by atoms with Gasteiger partial charge in [-0.2, -0.15) is 4.52 Å². The van der Waals surface area contributed by atoms with Gasteiger partial charge in [0.05, 0.1) is 17.9 Å². The number of pyridine rings is 1. The number of methoxy groups -OCH3 is 1. The molecular formula is C27H29N7O5. The van der Waals surface area contributed by atoms with Crippen LogP contribution in [0.3, 0.4) is 0 Å². The van der Waals surface area contributed by atoms with Crippen molar-refractivity contribution < 1.29 is 23.5 Å². The molecule has 12 nitrogen and oxygen atoms in total. The lowest BCUT2D eigenvalue weighted by Gasteiger charge is -2.19. The van der Waals surface area contributed by atoms with Crippen molar-refractivity contribution in [2.45, 2.75) is 45.7 Å². The average Bonchev–Trinajstić information content (AvgIpc) is 3.58. The summed E-state index contributed by atoms with van der Waals surface area (Å²) in [5, 5.41) is 21.7. The molecule has 2 atom stereocenters. The molecule has 0 aliphatic heterocycles. The lowest BCUT2D eigenvalue weighted by atomic mass is 10.1. The quantitative estimate of drug-likeness (QED) is 0.225. The minimum absolute atomic E-state index is 0.0204. The third-order valence-electron chi connectivity index (χ3n) is 6.02. The molecule has 4 aromatic heterocycles. The number of carbonyl (C=O) groups is 1. The number of amides is 1. The number of ether oxygens (including phenoxy) is 3. The molecule has 0 saturated carbocycles. The maximum Gasteiger partial charge on any atom is 0.240 e. The fourth-order valence-corrected chi connectivity index (χ4v) is 4.29. The highest BCUT2D eigenvalue weighted by atomic mass is 16.5. The first-order valence-electron chi connectivity index (χ1n) is 12.5. The van der Waals surface area contributed by atoms with Crippen LogP contribution >= 0.6 is 0 Å². The van der Waals surface area contributed by atoms with Crippen LogP contribution in [0, 0.1) is 0 Å². The second-order valence-electron chi connectivity index (χ2n) is 9.16. The molecule has 4 heterocycles.